The number of rotatable bonds is 0. The molecular weight excluding hydrogens is 162 g/mol. The molecule has 0 unspecified atom stereocenters. The average molecular weight is 170 g/mol. The summed E-state index contributed by atoms with van der Waals surface area (Å²) in [5.41, 5.74) is -1.27. The van der Waals surface area contributed by atoms with Crippen LogP contribution in [-0.2, 0) is 0 Å². The number of hydrogen-bond acceptors (Lipinski definition) is 2. The van der Waals surface area contributed by atoms with Crippen molar-refractivity contribution in [3.05, 3.63) is 12.2 Å². The maximum atomic E-state index is 9.62. The number of alkyl halides is 1. The van der Waals surface area contributed by atoms with Crippen LogP contribution in [0.25, 0.3) is 0 Å². The Kier molecular flexibility index (Phi) is 1.30. The Hall–Kier alpha value is -0.520. The number of allylic oxidation sites excluding steroid dienone is 2. The Bertz CT molecular complexity index is 257. The minimum absolute atomic E-state index is 0.0509. The molecule has 0 aromatic heterocycles. The summed E-state index contributed by atoms with van der Waals surface area (Å²) in [5.74, 6) is 0.274. The van der Waals surface area contributed by atoms with E-state index >= 15 is 0 Å². The second-order valence-corrected chi connectivity index (χ2v) is 3.66. The van der Waals surface area contributed by atoms with Crippen LogP contribution in [0, 0.1) is 23.2 Å². The van der Waals surface area contributed by atoms with Crippen LogP contribution in [0.1, 0.15) is 6.42 Å². The van der Waals surface area contributed by atoms with Crippen molar-refractivity contribution in [1.82, 2.24) is 0 Å². The molecule has 2 aliphatic rings. The van der Waals surface area contributed by atoms with Gasteiger partial charge < -0.3 is 5.11 Å². The van der Waals surface area contributed by atoms with Gasteiger partial charge in [-0.05, 0) is 6.42 Å². The Balaban J connectivity index is 2.26. The zero-order chi connectivity index (χ0) is 8.06. The highest BCUT2D eigenvalue weighted by Gasteiger charge is 2.61. The summed E-state index contributed by atoms with van der Waals surface area (Å²) in [6.07, 6.45) is 4.77. The smallest absolute Gasteiger partial charge is 0.171 e. The van der Waals surface area contributed by atoms with E-state index in [1.165, 1.54) is 0 Å². The maximum Gasteiger partial charge on any atom is 0.171 e. The van der Waals surface area contributed by atoms with Crippen molar-refractivity contribution in [2.45, 2.75) is 17.4 Å². The second kappa shape index (κ2) is 2.00. The molecule has 2 rings (SSSR count). The number of nitriles is 1. The van der Waals surface area contributed by atoms with E-state index in [1.54, 1.807) is 0 Å². The molecule has 1 fully saturated rings. The Morgan fingerprint density at radius 1 is 1.73 bits per heavy atom. The van der Waals surface area contributed by atoms with E-state index in [0.717, 1.165) is 6.42 Å². The number of halogens is 1. The highest BCUT2D eigenvalue weighted by atomic mass is 35.5. The van der Waals surface area contributed by atoms with Gasteiger partial charge in [0.15, 0.2) is 5.60 Å². The van der Waals surface area contributed by atoms with Crippen LogP contribution >= 0.6 is 11.6 Å². The quantitative estimate of drug-likeness (QED) is 0.335. The Morgan fingerprint density at radius 2 is 2.45 bits per heavy atom. The molecule has 11 heavy (non-hydrogen) atoms. The molecule has 1 saturated carbocycles. The van der Waals surface area contributed by atoms with Crippen molar-refractivity contribution in [3.8, 4) is 6.07 Å². The van der Waals surface area contributed by atoms with Gasteiger partial charge >= 0.3 is 0 Å². The summed E-state index contributed by atoms with van der Waals surface area (Å²) in [6, 6.07) is 1.88. The van der Waals surface area contributed by atoms with Gasteiger partial charge in [0.1, 0.15) is 0 Å². The monoisotopic (exact) mass is 169 g/mol. The van der Waals surface area contributed by atoms with Crippen molar-refractivity contribution in [3.63, 3.8) is 0 Å². The van der Waals surface area contributed by atoms with Gasteiger partial charge in [-0.2, -0.15) is 5.26 Å². The Labute approximate surface area is 70.1 Å². The lowest BCUT2D eigenvalue weighted by Crippen LogP contribution is -2.61. The molecule has 0 spiro atoms. The molecule has 58 valence electrons. The highest BCUT2D eigenvalue weighted by Crippen LogP contribution is 2.52. The van der Waals surface area contributed by atoms with Crippen molar-refractivity contribution in [1.29, 1.82) is 5.26 Å². The molecule has 0 aromatic rings. The molecule has 0 bridgehead atoms. The standard InChI is InChI=1S/C8H8ClNO/c9-7-5-2-1-3-6(5)8(7,11)4-10/h1-2,5-7,11H,3H2/t5-,6+,7-,8-/m1/s1. The zero-order valence-electron chi connectivity index (χ0n) is 5.87. The largest absolute Gasteiger partial charge is 0.374 e. The summed E-state index contributed by atoms with van der Waals surface area (Å²) in [4.78, 5) is 0. The molecule has 0 aromatic carbocycles. The molecule has 3 heteroatoms. The van der Waals surface area contributed by atoms with Gasteiger partial charge in [0, 0.05) is 11.8 Å². The second-order valence-electron chi connectivity index (χ2n) is 3.19. The van der Waals surface area contributed by atoms with Gasteiger partial charge in [-0.3, -0.25) is 0 Å². The fourth-order valence-electron chi connectivity index (χ4n) is 1.97. The zero-order valence-corrected chi connectivity index (χ0v) is 6.62. The summed E-state index contributed by atoms with van der Waals surface area (Å²) in [5, 5.41) is 17.9. The molecule has 0 aliphatic heterocycles. The molecule has 2 nitrogen and oxygen atoms in total. The molecular formula is C8H8ClNO. The normalized spacial score (nSPS) is 53.0. The van der Waals surface area contributed by atoms with Crippen LogP contribution in [-0.4, -0.2) is 16.1 Å². The van der Waals surface area contributed by atoms with E-state index in [4.69, 9.17) is 16.9 Å². The molecule has 2 aliphatic carbocycles. The first kappa shape index (κ1) is 7.15. The SMILES string of the molecule is N#C[C@]1(O)[C@H](Cl)[C@@H]2C=CC[C@@H]21. The molecule has 0 saturated heterocycles. The first-order valence-corrected chi connectivity index (χ1v) is 4.08. The van der Waals surface area contributed by atoms with Crippen LogP contribution in [0.5, 0.6) is 0 Å². The van der Waals surface area contributed by atoms with Crippen LogP contribution in [0.3, 0.4) is 0 Å². The third kappa shape index (κ3) is 0.654. The van der Waals surface area contributed by atoms with E-state index in [0.29, 0.717) is 0 Å². The maximum absolute atomic E-state index is 9.62. The molecule has 0 amide bonds. The van der Waals surface area contributed by atoms with Crippen molar-refractivity contribution in [2.24, 2.45) is 11.8 Å². The van der Waals surface area contributed by atoms with Gasteiger partial charge in [0.2, 0.25) is 0 Å². The molecule has 0 heterocycles. The van der Waals surface area contributed by atoms with Gasteiger partial charge in [-0.15, -0.1) is 11.6 Å². The molecule has 0 radical (unpaired) electrons. The molecule has 1 N–H and O–H groups in total. The predicted octanol–water partition coefficient (Wildman–Crippen LogP) is 1.05. The summed E-state index contributed by atoms with van der Waals surface area (Å²) in [7, 11) is 0. The van der Waals surface area contributed by atoms with E-state index in [2.05, 4.69) is 0 Å². The fourth-order valence-corrected chi connectivity index (χ4v) is 2.44. The first-order chi connectivity index (χ1) is 5.20. The number of nitrogens with zero attached hydrogens (tertiary/aromatic N) is 1. The number of hydrogen-bond donors (Lipinski definition) is 1. The van der Waals surface area contributed by atoms with Crippen LogP contribution in [0.4, 0.5) is 0 Å². The van der Waals surface area contributed by atoms with Gasteiger partial charge in [0.25, 0.3) is 0 Å². The lowest BCUT2D eigenvalue weighted by Gasteiger charge is -2.48. The number of fused-ring (bicyclic) bond motifs is 1. The van der Waals surface area contributed by atoms with Crippen molar-refractivity contribution >= 4 is 11.6 Å². The topological polar surface area (TPSA) is 44.0 Å². The predicted molar refractivity (Wildman–Crippen MR) is 40.9 cm³/mol. The minimum atomic E-state index is -1.27. The minimum Gasteiger partial charge on any atom is -0.374 e. The van der Waals surface area contributed by atoms with Crippen LogP contribution < -0.4 is 0 Å². The van der Waals surface area contributed by atoms with Crippen molar-refractivity contribution in [2.75, 3.05) is 0 Å². The summed E-state index contributed by atoms with van der Waals surface area (Å²) in [6.45, 7) is 0. The lowest BCUT2D eigenvalue weighted by atomic mass is 9.63. The third-order valence-corrected chi connectivity index (χ3v) is 3.34. The van der Waals surface area contributed by atoms with Gasteiger partial charge in [-0.1, -0.05) is 12.2 Å². The number of aliphatic hydroxyl groups is 1. The van der Waals surface area contributed by atoms with Gasteiger partial charge in [-0.25, -0.2) is 0 Å². The van der Waals surface area contributed by atoms with E-state index in [1.807, 2.05) is 18.2 Å². The lowest BCUT2D eigenvalue weighted by molar-refractivity contribution is -0.0626. The van der Waals surface area contributed by atoms with Gasteiger partial charge in [0.05, 0.1) is 11.4 Å². The van der Waals surface area contributed by atoms with Crippen LogP contribution in [0.2, 0.25) is 0 Å². The third-order valence-electron chi connectivity index (χ3n) is 2.72. The van der Waals surface area contributed by atoms with E-state index in [-0.39, 0.29) is 11.8 Å². The highest BCUT2D eigenvalue weighted by molar-refractivity contribution is 6.23. The van der Waals surface area contributed by atoms with E-state index < -0.39 is 11.0 Å². The summed E-state index contributed by atoms with van der Waals surface area (Å²) < 4.78 is 0. The van der Waals surface area contributed by atoms with Crippen LogP contribution in [0.15, 0.2) is 12.2 Å². The first-order valence-electron chi connectivity index (χ1n) is 3.64. The Morgan fingerprint density at radius 3 is 3.09 bits per heavy atom. The van der Waals surface area contributed by atoms with Crippen molar-refractivity contribution < 1.29 is 5.11 Å². The fraction of sp³-hybridized carbons (Fsp3) is 0.625. The summed E-state index contributed by atoms with van der Waals surface area (Å²) >= 11 is 5.83. The van der Waals surface area contributed by atoms with E-state index in [9.17, 15) is 5.11 Å². The average Bonchev–Trinajstić information content (AvgIpc) is 2.48. The molecule has 4 atom stereocenters.